The number of aromatic amines is 1. The first-order valence-electron chi connectivity index (χ1n) is 11.7. The third-order valence-electron chi connectivity index (χ3n) is 5.78. The number of nitrogens with one attached hydrogen (secondary N) is 1. The number of hydrogen-bond donors (Lipinski definition) is 3. The quantitative estimate of drug-likeness (QED) is 0.251. The molecule has 0 aliphatic carbocycles. The number of carbonyl (C=O) groups is 2. The molecule has 0 bridgehead atoms. The molecule has 0 aliphatic rings. The molecule has 0 saturated carbocycles. The molecule has 8 heteroatoms. The number of nitrogens with zero attached hydrogens (tertiary/aromatic N) is 2. The van der Waals surface area contributed by atoms with E-state index in [9.17, 15) is 14.7 Å². The molecule has 0 spiro atoms. The number of fused-ring (bicyclic) bond motifs is 1. The summed E-state index contributed by atoms with van der Waals surface area (Å²) in [5.74, 6) is -0.552. The Morgan fingerprint density at radius 3 is 2.42 bits per heavy atom. The highest BCUT2D eigenvalue weighted by atomic mass is 16.5. The second kappa shape index (κ2) is 10.9. The summed E-state index contributed by atoms with van der Waals surface area (Å²) in [6.45, 7) is 2.32. The Hall–Kier alpha value is -4.43. The van der Waals surface area contributed by atoms with Crippen LogP contribution in [0, 0.1) is 0 Å². The van der Waals surface area contributed by atoms with Crippen molar-refractivity contribution in [2.24, 2.45) is 10.7 Å². The van der Waals surface area contributed by atoms with Gasteiger partial charge in [-0.15, -0.1) is 0 Å². The molecule has 0 unspecified atom stereocenters. The Labute approximate surface area is 209 Å². The van der Waals surface area contributed by atoms with Gasteiger partial charge in [0.2, 0.25) is 5.91 Å². The van der Waals surface area contributed by atoms with E-state index in [4.69, 9.17) is 15.5 Å². The van der Waals surface area contributed by atoms with Gasteiger partial charge in [-0.25, -0.2) is 9.79 Å². The number of aliphatic imine (C=N–C) groups is 1. The highest BCUT2D eigenvalue weighted by Gasteiger charge is 2.20. The molecule has 4 N–H and O–H groups in total. The summed E-state index contributed by atoms with van der Waals surface area (Å²) >= 11 is 0. The monoisotopic (exact) mass is 484 g/mol. The van der Waals surface area contributed by atoms with Gasteiger partial charge in [-0.2, -0.15) is 0 Å². The van der Waals surface area contributed by atoms with Gasteiger partial charge in [0, 0.05) is 42.2 Å². The molecule has 1 heterocycles. The summed E-state index contributed by atoms with van der Waals surface area (Å²) in [6, 6.07) is 21.9. The van der Waals surface area contributed by atoms with Crippen LogP contribution >= 0.6 is 0 Å². The molecular formula is C28H28N4O4. The van der Waals surface area contributed by atoms with Crippen LogP contribution in [0.4, 0.5) is 11.4 Å². The largest absolute Gasteiger partial charge is 0.494 e. The average molecular weight is 485 g/mol. The lowest BCUT2D eigenvalue weighted by Crippen LogP contribution is -2.27. The van der Waals surface area contributed by atoms with Gasteiger partial charge in [0.05, 0.1) is 29.1 Å². The smallest absolute Gasteiger partial charge is 0.338 e. The average Bonchev–Trinajstić information content (AvgIpc) is 3.22. The summed E-state index contributed by atoms with van der Waals surface area (Å²) in [6.07, 6.45) is 0.270. The minimum Gasteiger partial charge on any atom is -0.494 e. The number of H-pyrrole nitrogens is 1. The maximum absolute atomic E-state index is 12.2. The molecule has 1 aromatic heterocycles. The van der Waals surface area contributed by atoms with Gasteiger partial charge in [0.15, 0.2) is 5.88 Å². The number of aromatic nitrogens is 1. The van der Waals surface area contributed by atoms with Gasteiger partial charge in [-0.3, -0.25) is 4.79 Å². The maximum atomic E-state index is 12.2. The molecule has 0 atom stereocenters. The summed E-state index contributed by atoms with van der Waals surface area (Å²) in [5.41, 5.74) is 9.75. The Bertz CT molecular complexity index is 1410. The number of anilines is 1. The third-order valence-corrected chi connectivity index (χ3v) is 5.78. The Morgan fingerprint density at radius 1 is 1.03 bits per heavy atom. The zero-order valence-electron chi connectivity index (χ0n) is 20.2. The first-order valence-corrected chi connectivity index (χ1v) is 11.7. The molecular weight excluding hydrogens is 456 g/mol. The number of carbonyl (C=O) groups excluding carboxylic acids is 2. The number of rotatable bonds is 8. The minimum absolute atomic E-state index is 0.0580. The lowest BCUT2D eigenvalue weighted by atomic mass is 10.00. The van der Waals surface area contributed by atoms with E-state index in [1.807, 2.05) is 54.6 Å². The van der Waals surface area contributed by atoms with Crippen molar-refractivity contribution in [3.05, 3.63) is 89.5 Å². The van der Waals surface area contributed by atoms with Crippen molar-refractivity contribution in [1.82, 2.24) is 4.98 Å². The molecule has 1 amide bonds. The lowest BCUT2D eigenvalue weighted by molar-refractivity contribution is -0.118. The standard InChI is InChI=1S/C28H28N4O4/c1-3-36-28(35)19-9-14-22-23(17-19)31-27(34)25(22)26(18-7-5-4-6-8-18)30-20-10-12-21(13-11-20)32(2)24(33)15-16-29/h4-14,17,31,34H,3,15-16,29H2,1-2H3. The van der Waals surface area contributed by atoms with Crippen LogP contribution in [0.1, 0.15) is 34.8 Å². The summed E-state index contributed by atoms with van der Waals surface area (Å²) in [4.78, 5) is 33.7. The fourth-order valence-electron chi connectivity index (χ4n) is 3.94. The van der Waals surface area contributed by atoms with E-state index in [1.165, 1.54) is 0 Å². The van der Waals surface area contributed by atoms with Crippen molar-refractivity contribution in [2.45, 2.75) is 13.3 Å². The van der Waals surface area contributed by atoms with Gasteiger partial charge in [-0.1, -0.05) is 36.4 Å². The summed E-state index contributed by atoms with van der Waals surface area (Å²) in [5, 5.41) is 11.6. The van der Waals surface area contributed by atoms with Crippen molar-refractivity contribution in [2.75, 3.05) is 25.1 Å². The highest BCUT2D eigenvalue weighted by Crippen LogP contribution is 2.32. The number of esters is 1. The predicted molar refractivity (Wildman–Crippen MR) is 141 cm³/mol. The molecule has 4 rings (SSSR count). The summed E-state index contributed by atoms with van der Waals surface area (Å²) in [7, 11) is 1.71. The van der Waals surface area contributed by atoms with E-state index >= 15 is 0 Å². The normalized spacial score (nSPS) is 11.5. The second-order valence-electron chi connectivity index (χ2n) is 8.16. The van der Waals surface area contributed by atoms with Crippen LogP contribution in [-0.2, 0) is 9.53 Å². The van der Waals surface area contributed by atoms with Crippen molar-refractivity contribution in [1.29, 1.82) is 0 Å². The van der Waals surface area contributed by atoms with E-state index in [0.29, 0.717) is 40.0 Å². The highest BCUT2D eigenvalue weighted by molar-refractivity contribution is 6.22. The number of aromatic hydroxyl groups is 1. The first-order chi connectivity index (χ1) is 17.4. The van der Waals surface area contributed by atoms with Crippen molar-refractivity contribution in [3.8, 4) is 5.88 Å². The van der Waals surface area contributed by atoms with Crippen LogP contribution in [0.2, 0.25) is 0 Å². The predicted octanol–water partition coefficient (Wildman–Crippen LogP) is 4.53. The molecule has 4 aromatic rings. The SMILES string of the molecule is CCOC(=O)c1ccc2c(C(=Nc3ccc(N(C)C(=O)CCN)cc3)c3ccccc3)c(O)[nH]c2c1. The van der Waals surface area contributed by atoms with Crippen LogP contribution in [0.15, 0.2) is 77.8 Å². The van der Waals surface area contributed by atoms with E-state index in [1.54, 1.807) is 37.1 Å². The fourth-order valence-corrected chi connectivity index (χ4v) is 3.94. The Morgan fingerprint density at radius 2 is 1.75 bits per heavy atom. The number of amides is 1. The van der Waals surface area contributed by atoms with E-state index < -0.39 is 5.97 Å². The number of nitrogens with two attached hydrogens (primary N) is 1. The van der Waals surface area contributed by atoms with Crippen LogP contribution in [0.3, 0.4) is 0 Å². The van der Waals surface area contributed by atoms with Gasteiger partial charge in [0.1, 0.15) is 0 Å². The van der Waals surface area contributed by atoms with Gasteiger partial charge >= 0.3 is 5.97 Å². The van der Waals surface area contributed by atoms with Gasteiger partial charge in [0.25, 0.3) is 0 Å². The van der Waals surface area contributed by atoms with E-state index in [0.717, 1.165) is 11.3 Å². The zero-order chi connectivity index (χ0) is 25.7. The maximum Gasteiger partial charge on any atom is 0.338 e. The molecule has 0 radical (unpaired) electrons. The molecule has 0 saturated heterocycles. The summed E-state index contributed by atoms with van der Waals surface area (Å²) < 4.78 is 5.09. The van der Waals surface area contributed by atoms with Crippen LogP contribution in [0.25, 0.3) is 10.9 Å². The molecule has 8 nitrogen and oxygen atoms in total. The van der Waals surface area contributed by atoms with Crippen molar-refractivity contribution < 1.29 is 19.4 Å². The molecule has 184 valence electrons. The Kier molecular flexibility index (Phi) is 7.46. The van der Waals surface area contributed by atoms with E-state index in [-0.39, 0.29) is 24.8 Å². The molecule has 3 aromatic carbocycles. The van der Waals surface area contributed by atoms with Crippen LogP contribution < -0.4 is 10.6 Å². The third kappa shape index (κ3) is 5.13. The van der Waals surface area contributed by atoms with E-state index in [2.05, 4.69) is 4.98 Å². The topological polar surface area (TPSA) is 121 Å². The lowest BCUT2D eigenvalue weighted by Gasteiger charge is -2.17. The van der Waals surface area contributed by atoms with Crippen molar-refractivity contribution >= 4 is 39.9 Å². The zero-order valence-corrected chi connectivity index (χ0v) is 20.2. The number of hydrogen-bond acceptors (Lipinski definition) is 6. The molecule has 36 heavy (non-hydrogen) atoms. The molecule has 0 fully saturated rings. The molecule has 0 aliphatic heterocycles. The van der Waals surface area contributed by atoms with Gasteiger partial charge < -0.3 is 25.5 Å². The van der Waals surface area contributed by atoms with Crippen molar-refractivity contribution in [3.63, 3.8) is 0 Å². The first kappa shape index (κ1) is 24.7. The van der Waals surface area contributed by atoms with Crippen LogP contribution in [0.5, 0.6) is 5.88 Å². The van der Waals surface area contributed by atoms with Crippen LogP contribution in [-0.4, -0.2) is 47.9 Å². The number of ether oxygens (including phenoxy) is 1. The van der Waals surface area contributed by atoms with Gasteiger partial charge in [-0.05, 0) is 43.3 Å². The Balaban J connectivity index is 1.78. The minimum atomic E-state index is -0.429. The second-order valence-corrected chi connectivity index (χ2v) is 8.16. The fraction of sp³-hybridized carbons (Fsp3) is 0.179. The number of benzene rings is 3.